The molecule has 0 saturated heterocycles. The molecule has 0 aliphatic heterocycles. The summed E-state index contributed by atoms with van der Waals surface area (Å²) in [5.41, 5.74) is 0. The molecule has 14 heteroatoms. The van der Waals surface area contributed by atoms with Crippen molar-refractivity contribution in [1.29, 1.82) is 0 Å². The zero-order valence-electron chi connectivity index (χ0n) is 14.2. The number of carbonyl (C=O) groups is 4. The first-order chi connectivity index (χ1) is 9.23. The first-order valence-electron chi connectivity index (χ1n) is 5.52. The minimum atomic E-state index is -1.65. The number of nitrogens with one attached hydrogen (secondary N) is 2. The van der Waals surface area contributed by atoms with Crippen LogP contribution in [0.25, 0.3) is 0 Å². The Labute approximate surface area is 309 Å². The molecular weight excluding hydrogens is 433 g/mol. The Bertz CT molecular complexity index is 363. The maximum Gasteiger partial charge on any atom is 1.00 e. The Morgan fingerprint density at radius 2 is 0.875 bits per heavy atom. The average Bonchev–Trinajstić information content (AvgIpc) is 2.29. The van der Waals surface area contributed by atoms with E-state index in [-0.39, 0.29) is 219 Å². The van der Waals surface area contributed by atoms with E-state index in [0.717, 1.165) is 0 Å². The molecule has 0 aromatic rings. The monoisotopic (exact) mass is 444 g/mol. The van der Waals surface area contributed by atoms with Crippen LogP contribution in [0.3, 0.4) is 0 Å². The molecule has 0 bridgehead atoms. The van der Waals surface area contributed by atoms with Crippen molar-refractivity contribution in [1.82, 2.24) is 10.6 Å². The molecule has 114 valence electrons. The van der Waals surface area contributed by atoms with E-state index in [1.54, 1.807) is 0 Å². The summed E-state index contributed by atoms with van der Waals surface area (Å²) >= 11 is 0. The number of carboxylic acid groups (broad SMARTS) is 4. The van der Waals surface area contributed by atoms with Gasteiger partial charge in [-0.3, -0.25) is 0 Å². The molecule has 2 unspecified atom stereocenters. The SMILES string of the molecule is O=C([O-])CC(NCCNC(CC(=O)[O-])C(=O)[O-])C(=O)[O-].[K+].[K+].[K+].[K+]. The van der Waals surface area contributed by atoms with Crippen molar-refractivity contribution in [3.63, 3.8) is 0 Å². The summed E-state index contributed by atoms with van der Waals surface area (Å²) < 4.78 is 0. The molecule has 0 aromatic carbocycles. The summed E-state index contributed by atoms with van der Waals surface area (Å²) in [5, 5.41) is 46.1. The van der Waals surface area contributed by atoms with Crippen molar-refractivity contribution in [3.8, 4) is 0 Å². The molecule has 0 aliphatic rings. The number of hydrogen-bond acceptors (Lipinski definition) is 10. The molecule has 0 radical (unpaired) electrons. The minimum absolute atomic E-state index is 0. The van der Waals surface area contributed by atoms with Gasteiger partial charge in [-0.05, 0) is 0 Å². The first-order valence-corrected chi connectivity index (χ1v) is 5.52. The van der Waals surface area contributed by atoms with Gasteiger partial charge in [0.2, 0.25) is 0 Å². The smallest absolute Gasteiger partial charge is 0.550 e. The number of carboxylic acids is 4. The fraction of sp³-hybridized carbons (Fsp3) is 0.600. The normalized spacial score (nSPS) is 11.2. The zero-order chi connectivity index (χ0) is 15.7. The average molecular weight is 445 g/mol. The third-order valence-electron chi connectivity index (χ3n) is 2.22. The van der Waals surface area contributed by atoms with Gasteiger partial charge in [0.1, 0.15) is 0 Å². The van der Waals surface area contributed by atoms with E-state index in [9.17, 15) is 39.6 Å². The van der Waals surface area contributed by atoms with Gasteiger partial charge in [-0.1, -0.05) is 0 Å². The summed E-state index contributed by atoms with van der Waals surface area (Å²) in [4.78, 5) is 41.6. The molecule has 0 aromatic heterocycles. The van der Waals surface area contributed by atoms with Gasteiger partial charge in [0.05, 0.1) is 24.0 Å². The fourth-order valence-electron chi connectivity index (χ4n) is 1.30. The van der Waals surface area contributed by atoms with E-state index in [4.69, 9.17) is 0 Å². The second-order valence-electron chi connectivity index (χ2n) is 3.80. The molecule has 0 spiro atoms. The zero-order valence-corrected chi connectivity index (χ0v) is 26.7. The van der Waals surface area contributed by atoms with Gasteiger partial charge in [-0.2, -0.15) is 0 Å². The van der Waals surface area contributed by atoms with E-state index >= 15 is 0 Å². The molecule has 0 fully saturated rings. The van der Waals surface area contributed by atoms with Gasteiger partial charge in [-0.25, -0.2) is 0 Å². The summed E-state index contributed by atoms with van der Waals surface area (Å²) in [6.45, 7) is -0.272. The maximum absolute atomic E-state index is 10.5. The van der Waals surface area contributed by atoms with Gasteiger partial charge in [0.25, 0.3) is 0 Å². The van der Waals surface area contributed by atoms with Gasteiger partial charge < -0.3 is 50.2 Å². The third kappa shape index (κ3) is 22.6. The second kappa shape index (κ2) is 23.6. The largest absolute Gasteiger partial charge is 1.00 e. The van der Waals surface area contributed by atoms with Gasteiger partial charge >= 0.3 is 206 Å². The Hall–Kier alpha value is 4.35. The Balaban J connectivity index is -0.000000301. The van der Waals surface area contributed by atoms with Crippen LogP contribution in [0.5, 0.6) is 0 Å². The van der Waals surface area contributed by atoms with E-state index in [1.165, 1.54) is 0 Å². The van der Waals surface area contributed by atoms with Crippen molar-refractivity contribution < 1.29 is 245 Å². The molecule has 2 N–H and O–H groups in total. The van der Waals surface area contributed by atoms with Gasteiger partial charge in [0.15, 0.2) is 0 Å². The fourth-order valence-corrected chi connectivity index (χ4v) is 1.30. The first kappa shape index (κ1) is 38.9. The number of aliphatic carboxylic acids is 4. The Morgan fingerprint density at radius 1 is 0.625 bits per heavy atom. The molecule has 24 heavy (non-hydrogen) atoms. The Kier molecular flexibility index (Phi) is 38.3. The number of rotatable bonds is 11. The van der Waals surface area contributed by atoms with Crippen molar-refractivity contribution >= 4 is 23.9 Å². The van der Waals surface area contributed by atoms with Gasteiger partial charge in [-0.15, -0.1) is 0 Å². The molecular formula is C10H12K4N2O8. The van der Waals surface area contributed by atoms with Crippen LogP contribution < -0.4 is 237 Å². The molecule has 0 amide bonds. The van der Waals surface area contributed by atoms with Crippen molar-refractivity contribution in [3.05, 3.63) is 0 Å². The molecule has 2 atom stereocenters. The predicted molar refractivity (Wildman–Crippen MR) is 52.8 cm³/mol. The predicted octanol–water partition coefficient (Wildman–Crippen LogP) is -19.3. The van der Waals surface area contributed by atoms with Crippen LogP contribution in [0.1, 0.15) is 12.8 Å². The van der Waals surface area contributed by atoms with Gasteiger partial charge in [0, 0.05) is 37.9 Å². The van der Waals surface area contributed by atoms with Crippen molar-refractivity contribution in [2.24, 2.45) is 0 Å². The molecule has 0 saturated carbocycles. The maximum atomic E-state index is 10.5. The van der Waals surface area contributed by atoms with Crippen LogP contribution in [-0.4, -0.2) is 49.1 Å². The third-order valence-corrected chi connectivity index (χ3v) is 2.22. The van der Waals surface area contributed by atoms with Crippen LogP contribution in [0.4, 0.5) is 0 Å². The van der Waals surface area contributed by atoms with Crippen LogP contribution in [0.2, 0.25) is 0 Å². The van der Waals surface area contributed by atoms with E-state index in [1.807, 2.05) is 0 Å². The minimum Gasteiger partial charge on any atom is -0.550 e. The van der Waals surface area contributed by atoms with Crippen LogP contribution in [-0.2, 0) is 19.2 Å². The number of carbonyl (C=O) groups excluding carboxylic acids is 4. The Morgan fingerprint density at radius 3 is 1.04 bits per heavy atom. The summed E-state index contributed by atoms with van der Waals surface area (Å²) in [6.07, 6.45) is -1.63. The molecule has 0 aliphatic carbocycles. The topological polar surface area (TPSA) is 185 Å². The van der Waals surface area contributed by atoms with Crippen molar-refractivity contribution in [2.45, 2.75) is 24.9 Å². The second-order valence-corrected chi connectivity index (χ2v) is 3.80. The molecule has 10 nitrogen and oxygen atoms in total. The summed E-state index contributed by atoms with van der Waals surface area (Å²) in [6, 6.07) is -2.99. The number of hydrogen-bond donors (Lipinski definition) is 2. The quantitative estimate of drug-likeness (QED) is 0.229. The van der Waals surface area contributed by atoms with E-state index in [0.29, 0.717) is 0 Å². The van der Waals surface area contributed by atoms with E-state index in [2.05, 4.69) is 10.6 Å². The molecule has 0 heterocycles. The van der Waals surface area contributed by atoms with Crippen LogP contribution in [0.15, 0.2) is 0 Å². The van der Waals surface area contributed by atoms with Crippen LogP contribution in [0, 0.1) is 0 Å². The van der Waals surface area contributed by atoms with Crippen molar-refractivity contribution in [2.75, 3.05) is 13.1 Å². The summed E-state index contributed by atoms with van der Waals surface area (Å²) in [7, 11) is 0. The van der Waals surface area contributed by atoms with Crippen LogP contribution >= 0.6 is 0 Å². The van der Waals surface area contributed by atoms with E-state index < -0.39 is 48.8 Å². The molecule has 0 rings (SSSR count). The summed E-state index contributed by atoms with van der Waals surface area (Å²) in [5.74, 6) is -6.49. The standard InChI is InChI=1S/C10H16N2O8.4K/c13-7(14)3-5(9(17)18)11-1-2-12-6(10(19)20)4-8(15)16;;;;/h5-6,11-12H,1-4H2,(H,13,14)(H,15,16)(H,17,18)(H,19,20);;;;/q;4*+1/p-4.